The number of ether oxygens (including phenoxy) is 1. The zero-order valence-corrected chi connectivity index (χ0v) is 17.4. The van der Waals surface area contributed by atoms with Crippen molar-refractivity contribution in [1.29, 1.82) is 0 Å². The van der Waals surface area contributed by atoms with Crippen molar-refractivity contribution in [2.24, 2.45) is 5.92 Å². The zero-order valence-electron chi connectivity index (χ0n) is 17.4. The average Bonchev–Trinajstić information content (AvgIpc) is 2.78. The highest BCUT2D eigenvalue weighted by Gasteiger charge is 2.22. The van der Waals surface area contributed by atoms with E-state index in [-0.39, 0.29) is 17.3 Å². The van der Waals surface area contributed by atoms with Crippen LogP contribution >= 0.6 is 0 Å². The lowest BCUT2D eigenvalue weighted by molar-refractivity contribution is -0.117. The van der Waals surface area contributed by atoms with E-state index in [4.69, 9.17) is 4.74 Å². The summed E-state index contributed by atoms with van der Waals surface area (Å²) >= 11 is 0. The molecule has 0 atom stereocenters. The van der Waals surface area contributed by atoms with Gasteiger partial charge in [-0.15, -0.1) is 0 Å². The van der Waals surface area contributed by atoms with Gasteiger partial charge in [-0.25, -0.2) is 9.37 Å². The minimum absolute atomic E-state index is 0.0474. The summed E-state index contributed by atoms with van der Waals surface area (Å²) in [5, 5.41) is 3.37. The maximum absolute atomic E-state index is 13.0. The van der Waals surface area contributed by atoms with Gasteiger partial charge in [-0.2, -0.15) is 0 Å². The van der Waals surface area contributed by atoms with Gasteiger partial charge in [0.2, 0.25) is 5.91 Å². The van der Waals surface area contributed by atoms with Crippen LogP contribution in [-0.2, 0) is 11.3 Å². The number of fused-ring (bicyclic) bond motifs is 1. The molecule has 7 nitrogen and oxygen atoms in total. The summed E-state index contributed by atoms with van der Waals surface area (Å²) < 4.78 is 19.8. The Morgan fingerprint density at radius 3 is 2.65 bits per heavy atom. The Bertz CT molecular complexity index is 1120. The number of rotatable bonds is 6. The molecule has 2 heterocycles. The lowest BCUT2D eigenvalue weighted by Crippen LogP contribution is -2.40. The largest absolute Gasteiger partial charge is 0.497 e. The van der Waals surface area contributed by atoms with Gasteiger partial charge < -0.3 is 10.1 Å². The van der Waals surface area contributed by atoms with Gasteiger partial charge in [0.05, 0.1) is 30.9 Å². The third-order valence-corrected chi connectivity index (χ3v) is 5.69. The normalized spacial score (nSPS) is 15.2. The van der Waals surface area contributed by atoms with Gasteiger partial charge in [-0.3, -0.25) is 19.1 Å². The Balaban J connectivity index is 1.31. The minimum atomic E-state index is -0.333. The number of piperidine rings is 1. The Labute approximate surface area is 179 Å². The lowest BCUT2D eigenvalue weighted by Gasteiger charge is -2.31. The van der Waals surface area contributed by atoms with Gasteiger partial charge >= 0.3 is 0 Å². The number of nitrogens with zero attached hydrogens (tertiary/aromatic N) is 3. The van der Waals surface area contributed by atoms with Crippen LogP contribution in [0.25, 0.3) is 10.9 Å². The Morgan fingerprint density at radius 1 is 1.19 bits per heavy atom. The molecule has 0 saturated carbocycles. The maximum atomic E-state index is 13.0. The molecule has 2 aromatic carbocycles. The van der Waals surface area contributed by atoms with Crippen LogP contribution < -0.4 is 15.6 Å². The number of halogens is 1. The molecule has 162 valence electrons. The number of benzene rings is 2. The topological polar surface area (TPSA) is 76.5 Å². The van der Waals surface area contributed by atoms with E-state index in [1.165, 1.54) is 12.1 Å². The molecule has 3 aromatic rings. The fourth-order valence-electron chi connectivity index (χ4n) is 3.94. The van der Waals surface area contributed by atoms with Crippen LogP contribution in [0.5, 0.6) is 5.75 Å². The number of nitrogens with one attached hydrogen (secondary N) is 1. The molecule has 1 fully saturated rings. The zero-order chi connectivity index (χ0) is 21.8. The molecule has 1 saturated heterocycles. The summed E-state index contributed by atoms with van der Waals surface area (Å²) in [5.74, 6) is 0.579. The molecule has 4 rings (SSSR count). The molecular formula is C23H25FN4O3. The molecule has 0 radical (unpaired) electrons. The number of carbonyl (C=O) groups is 1. The lowest BCUT2D eigenvalue weighted by atomic mass is 9.96. The van der Waals surface area contributed by atoms with E-state index in [0.717, 1.165) is 25.9 Å². The van der Waals surface area contributed by atoms with E-state index in [1.54, 1.807) is 48.3 Å². The first-order valence-electron chi connectivity index (χ1n) is 10.3. The molecule has 0 spiro atoms. The van der Waals surface area contributed by atoms with Crippen molar-refractivity contribution in [3.05, 3.63) is 65.0 Å². The van der Waals surface area contributed by atoms with Gasteiger partial charge in [0.25, 0.3) is 5.56 Å². The van der Waals surface area contributed by atoms with Crippen LogP contribution in [0, 0.1) is 11.7 Å². The predicted octanol–water partition coefficient (Wildman–Crippen LogP) is 2.89. The molecule has 0 aliphatic carbocycles. The van der Waals surface area contributed by atoms with E-state index >= 15 is 0 Å². The minimum Gasteiger partial charge on any atom is -0.497 e. The number of likely N-dealkylation sites (tertiary alicyclic amines) is 1. The van der Waals surface area contributed by atoms with Gasteiger partial charge in [-0.05, 0) is 68.2 Å². The number of carbonyl (C=O) groups excluding carboxylic acids is 1. The SMILES string of the molecule is COc1ccc2c(=O)n(CC3CCN(CC(=O)Nc4ccc(F)cc4)CC3)cnc2c1. The molecule has 1 aliphatic heterocycles. The summed E-state index contributed by atoms with van der Waals surface area (Å²) in [6.45, 7) is 2.48. The van der Waals surface area contributed by atoms with Crippen molar-refractivity contribution in [2.75, 3.05) is 32.1 Å². The summed E-state index contributed by atoms with van der Waals surface area (Å²) in [5.41, 5.74) is 1.17. The van der Waals surface area contributed by atoms with Crippen molar-refractivity contribution >= 4 is 22.5 Å². The molecular weight excluding hydrogens is 399 g/mol. The highest BCUT2D eigenvalue weighted by molar-refractivity contribution is 5.92. The number of hydrogen-bond donors (Lipinski definition) is 1. The van der Waals surface area contributed by atoms with Crippen LogP contribution in [0.3, 0.4) is 0 Å². The Morgan fingerprint density at radius 2 is 1.94 bits per heavy atom. The molecule has 8 heteroatoms. The second-order valence-electron chi connectivity index (χ2n) is 7.86. The van der Waals surface area contributed by atoms with Crippen LogP contribution in [0.15, 0.2) is 53.6 Å². The molecule has 1 aliphatic rings. The Hall–Kier alpha value is -3.26. The summed E-state index contributed by atoms with van der Waals surface area (Å²) in [6, 6.07) is 11.0. The van der Waals surface area contributed by atoms with Crippen LogP contribution in [0.1, 0.15) is 12.8 Å². The number of methoxy groups -OCH3 is 1. The Kier molecular flexibility index (Phi) is 6.27. The fourth-order valence-corrected chi connectivity index (χ4v) is 3.94. The van der Waals surface area contributed by atoms with Crippen LogP contribution in [-0.4, -0.2) is 47.1 Å². The summed E-state index contributed by atoms with van der Waals surface area (Å²) in [7, 11) is 1.58. The number of anilines is 1. The molecule has 0 unspecified atom stereocenters. The first-order chi connectivity index (χ1) is 15.0. The number of hydrogen-bond acceptors (Lipinski definition) is 5. The first kappa shape index (κ1) is 21.0. The second-order valence-corrected chi connectivity index (χ2v) is 7.86. The smallest absolute Gasteiger partial charge is 0.261 e. The van der Waals surface area contributed by atoms with Gasteiger partial charge in [-0.1, -0.05) is 0 Å². The second kappa shape index (κ2) is 9.26. The predicted molar refractivity (Wildman–Crippen MR) is 117 cm³/mol. The van der Waals surface area contributed by atoms with E-state index in [9.17, 15) is 14.0 Å². The van der Waals surface area contributed by atoms with Crippen molar-refractivity contribution in [1.82, 2.24) is 14.5 Å². The molecule has 0 bridgehead atoms. The van der Waals surface area contributed by atoms with Crippen molar-refractivity contribution < 1.29 is 13.9 Å². The van der Waals surface area contributed by atoms with Crippen molar-refractivity contribution in [2.45, 2.75) is 19.4 Å². The van der Waals surface area contributed by atoms with E-state index in [0.29, 0.717) is 41.3 Å². The van der Waals surface area contributed by atoms with Gasteiger partial charge in [0.1, 0.15) is 11.6 Å². The number of aromatic nitrogens is 2. The maximum Gasteiger partial charge on any atom is 0.261 e. The van der Waals surface area contributed by atoms with Crippen molar-refractivity contribution in [3.8, 4) is 5.75 Å². The average molecular weight is 424 g/mol. The summed E-state index contributed by atoms with van der Waals surface area (Å²) in [4.78, 5) is 31.6. The molecule has 1 amide bonds. The van der Waals surface area contributed by atoms with Crippen LogP contribution in [0.2, 0.25) is 0 Å². The van der Waals surface area contributed by atoms with Crippen molar-refractivity contribution in [3.63, 3.8) is 0 Å². The van der Waals surface area contributed by atoms with E-state index in [1.807, 2.05) is 0 Å². The first-order valence-corrected chi connectivity index (χ1v) is 10.3. The molecule has 31 heavy (non-hydrogen) atoms. The summed E-state index contributed by atoms with van der Waals surface area (Å²) in [6.07, 6.45) is 3.40. The number of amides is 1. The quantitative estimate of drug-likeness (QED) is 0.659. The molecule has 1 N–H and O–H groups in total. The third kappa shape index (κ3) is 5.08. The fraction of sp³-hybridized carbons (Fsp3) is 0.348. The third-order valence-electron chi connectivity index (χ3n) is 5.69. The van der Waals surface area contributed by atoms with Gasteiger partial charge in [0.15, 0.2) is 0 Å². The monoisotopic (exact) mass is 424 g/mol. The standard InChI is InChI=1S/C23H25FN4O3/c1-31-19-6-7-20-21(12-19)25-15-28(23(20)30)13-16-8-10-27(11-9-16)14-22(29)26-18-4-2-17(24)3-5-18/h2-7,12,15-16H,8-11,13-14H2,1H3,(H,26,29). The van der Waals surface area contributed by atoms with E-state index < -0.39 is 0 Å². The van der Waals surface area contributed by atoms with Crippen LogP contribution in [0.4, 0.5) is 10.1 Å². The van der Waals surface area contributed by atoms with E-state index in [2.05, 4.69) is 15.2 Å². The molecule has 1 aromatic heterocycles. The van der Waals surface area contributed by atoms with Gasteiger partial charge in [0, 0.05) is 18.3 Å². The highest BCUT2D eigenvalue weighted by Crippen LogP contribution is 2.20. The highest BCUT2D eigenvalue weighted by atomic mass is 19.1.